The van der Waals surface area contributed by atoms with E-state index in [9.17, 15) is 4.79 Å². The van der Waals surface area contributed by atoms with Crippen LogP contribution in [-0.4, -0.2) is 16.1 Å². The molecule has 0 saturated carbocycles. The minimum absolute atomic E-state index is 0.0197. The summed E-state index contributed by atoms with van der Waals surface area (Å²) < 4.78 is 1.75. The van der Waals surface area contributed by atoms with Crippen LogP contribution in [0, 0.1) is 12.8 Å². The number of benzene rings is 2. The fourth-order valence-corrected chi connectivity index (χ4v) is 3.14. The molecule has 0 saturated heterocycles. The Morgan fingerprint density at radius 2 is 1.85 bits per heavy atom. The molecule has 4 heteroatoms. The second-order valence-electron chi connectivity index (χ2n) is 7.33. The van der Waals surface area contributed by atoms with Crippen LogP contribution in [0.15, 0.2) is 53.3 Å². The summed E-state index contributed by atoms with van der Waals surface area (Å²) in [7, 11) is 0. The van der Waals surface area contributed by atoms with E-state index in [2.05, 4.69) is 26.1 Å². The molecule has 26 heavy (non-hydrogen) atoms. The summed E-state index contributed by atoms with van der Waals surface area (Å²) in [4.78, 5) is 18.1. The number of aryl methyl sites for hydroxylation is 1. The van der Waals surface area contributed by atoms with Crippen molar-refractivity contribution < 1.29 is 0 Å². The molecule has 4 nitrogen and oxygen atoms in total. The zero-order valence-electron chi connectivity index (χ0n) is 16.0. The van der Waals surface area contributed by atoms with Crippen LogP contribution in [0.2, 0.25) is 0 Å². The van der Waals surface area contributed by atoms with Crippen LogP contribution in [0.1, 0.15) is 44.6 Å². The van der Waals surface area contributed by atoms with Crippen molar-refractivity contribution in [1.82, 2.24) is 14.9 Å². The van der Waals surface area contributed by atoms with Crippen molar-refractivity contribution in [3.63, 3.8) is 0 Å². The van der Waals surface area contributed by atoms with Crippen LogP contribution in [0.3, 0.4) is 0 Å². The predicted molar refractivity (Wildman–Crippen MR) is 108 cm³/mol. The van der Waals surface area contributed by atoms with E-state index in [1.165, 1.54) is 0 Å². The van der Waals surface area contributed by atoms with E-state index in [0.29, 0.717) is 11.3 Å². The van der Waals surface area contributed by atoms with E-state index in [0.717, 1.165) is 35.6 Å². The van der Waals surface area contributed by atoms with E-state index < -0.39 is 0 Å². The van der Waals surface area contributed by atoms with Crippen molar-refractivity contribution in [2.75, 3.05) is 6.54 Å². The number of nitrogens with zero attached hydrogens (tertiary/aromatic N) is 2. The first kappa shape index (κ1) is 18.3. The molecule has 0 aliphatic rings. The van der Waals surface area contributed by atoms with Gasteiger partial charge in [0, 0.05) is 0 Å². The van der Waals surface area contributed by atoms with Gasteiger partial charge in [-0.15, -0.1) is 0 Å². The Kier molecular flexibility index (Phi) is 5.52. The maximum Gasteiger partial charge on any atom is 0.266 e. The van der Waals surface area contributed by atoms with Gasteiger partial charge in [0.2, 0.25) is 0 Å². The minimum atomic E-state index is -0.0217. The first-order valence-corrected chi connectivity index (χ1v) is 9.29. The highest BCUT2D eigenvalue weighted by Gasteiger charge is 2.17. The van der Waals surface area contributed by atoms with E-state index >= 15 is 0 Å². The molecule has 2 aromatic carbocycles. The molecule has 0 aliphatic carbocycles. The number of nitrogens with one attached hydrogen (secondary N) is 1. The lowest BCUT2D eigenvalue weighted by Gasteiger charge is -2.20. The molecule has 3 rings (SSSR count). The van der Waals surface area contributed by atoms with Gasteiger partial charge in [-0.3, -0.25) is 9.36 Å². The summed E-state index contributed by atoms with van der Waals surface area (Å²) >= 11 is 0. The molecule has 0 aliphatic heterocycles. The molecule has 0 spiro atoms. The lowest BCUT2D eigenvalue weighted by atomic mass is 10.1. The molecule has 0 bridgehead atoms. The molecular formula is C22H27N3O. The zero-order chi connectivity index (χ0) is 18.7. The van der Waals surface area contributed by atoms with Crippen LogP contribution >= 0.6 is 0 Å². The maximum absolute atomic E-state index is 13.2. The number of aromatic nitrogens is 2. The highest BCUT2D eigenvalue weighted by molar-refractivity contribution is 5.77. The Morgan fingerprint density at radius 3 is 2.58 bits per heavy atom. The number of hydrogen-bond acceptors (Lipinski definition) is 3. The first-order valence-electron chi connectivity index (χ1n) is 9.29. The van der Waals surface area contributed by atoms with Gasteiger partial charge >= 0.3 is 0 Å². The second-order valence-corrected chi connectivity index (χ2v) is 7.33. The van der Waals surface area contributed by atoms with Gasteiger partial charge in [-0.05, 0) is 62.6 Å². The average molecular weight is 349 g/mol. The third-order valence-corrected chi connectivity index (χ3v) is 4.62. The SMILES string of the molecule is Cc1cccc(-n2c([C@H](C)NCCC(C)C)nc3ccccc3c2=O)c1. The number of fused-ring (bicyclic) bond motifs is 1. The number of para-hydroxylation sites is 1. The fourth-order valence-electron chi connectivity index (χ4n) is 3.14. The van der Waals surface area contributed by atoms with E-state index in [1.807, 2.05) is 55.5 Å². The summed E-state index contributed by atoms with van der Waals surface area (Å²) in [6.07, 6.45) is 1.09. The van der Waals surface area contributed by atoms with Crippen molar-refractivity contribution in [3.8, 4) is 5.69 Å². The Bertz CT molecular complexity index is 959. The topological polar surface area (TPSA) is 46.9 Å². The monoisotopic (exact) mass is 349 g/mol. The van der Waals surface area contributed by atoms with Gasteiger partial charge in [0.05, 0.1) is 22.6 Å². The highest BCUT2D eigenvalue weighted by Crippen LogP contribution is 2.19. The van der Waals surface area contributed by atoms with Crippen molar-refractivity contribution in [2.24, 2.45) is 5.92 Å². The normalized spacial score (nSPS) is 12.7. The van der Waals surface area contributed by atoms with Gasteiger partial charge in [-0.2, -0.15) is 0 Å². The molecule has 0 amide bonds. The quantitative estimate of drug-likeness (QED) is 0.718. The molecule has 0 fully saturated rings. The largest absolute Gasteiger partial charge is 0.308 e. The minimum Gasteiger partial charge on any atom is -0.308 e. The van der Waals surface area contributed by atoms with Crippen LogP contribution in [-0.2, 0) is 0 Å². The average Bonchev–Trinajstić information content (AvgIpc) is 2.61. The Hall–Kier alpha value is -2.46. The lowest BCUT2D eigenvalue weighted by molar-refractivity contribution is 0.479. The highest BCUT2D eigenvalue weighted by atomic mass is 16.1. The van der Waals surface area contributed by atoms with Crippen LogP contribution in [0.25, 0.3) is 16.6 Å². The lowest BCUT2D eigenvalue weighted by Crippen LogP contribution is -2.31. The van der Waals surface area contributed by atoms with E-state index in [1.54, 1.807) is 4.57 Å². The molecule has 0 radical (unpaired) electrons. The van der Waals surface area contributed by atoms with Crippen molar-refractivity contribution in [2.45, 2.75) is 40.2 Å². The van der Waals surface area contributed by atoms with Crippen molar-refractivity contribution in [1.29, 1.82) is 0 Å². The van der Waals surface area contributed by atoms with Gasteiger partial charge in [-0.1, -0.05) is 38.1 Å². The number of hydrogen-bond donors (Lipinski definition) is 1. The summed E-state index contributed by atoms with van der Waals surface area (Å²) in [6.45, 7) is 9.43. The van der Waals surface area contributed by atoms with Gasteiger partial charge < -0.3 is 5.32 Å². The smallest absolute Gasteiger partial charge is 0.266 e. The molecular weight excluding hydrogens is 322 g/mol. The van der Waals surface area contributed by atoms with Crippen LogP contribution in [0.5, 0.6) is 0 Å². The summed E-state index contributed by atoms with van der Waals surface area (Å²) in [5.74, 6) is 1.39. The van der Waals surface area contributed by atoms with Crippen molar-refractivity contribution in [3.05, 3.63) is 70.3 Å². The first-order chi connectivity index (χ1) is 12.5. The predicted octanol–water partition coefficient (Wildman–Crippen LogP) is 4.39. The number of rotatable bonds is 6. The Labute approximate surface area is 154 Å². The van der Waals surface area contributed by atoms with E-state index in [4.69, 9.17) is 4.98 Å². The van der Waals surface area contributed by atoms with E-state index in [-0.39, 0.29) is 11.6 Å². The molecule has 1 heterocycles. The second kappa shape index (κ2) is 7.83. The summed E-state index contributed by atoms with van der Waals surface area (Å²) in [5, 5.41) is 4.17. The zero-order valence-corrected chi connectivity index (χ0v) is 16.0. The summed E-state index contributed by atoms with van der Waals surface area (Å²) in [6, 6.07) is 15.5. The Morgan fingerprint density at radius 1 is 1.08 bits per heavy atom. The molecule has 3 aromatic rings. The third kappa shape index (κ3) is 3.86. The standard InChI is InChI=1S/C22H27N3O/c1-15(2)12-13-23-17(4)21-24-20-11-6-5-10-19(20)22(26)25(21)18-9-7-8-16(3)14-18/h5-11,14-15,17,23H,12-13H2,1-4H3/t17-/m0/s1. The van der Waals surface area contributed by atoms with Gasteiger partial charge in [-0.25, -0.2) is 4.98 Å². The van der Waals surface area contributed by atoms with Gasteiger partial charge in [0.15, 0.2) is 0 Å². The van der Waals surface area contributed by atoms with Crippen LogP contribution in [0.4, 0.5) is 0 Å². The molecule has 1 N–H and O–H groups in total. The molecule has 1 aromatic heterocycles. The Balaban J connectivity index is 2.13. The van der Waals surface area contributed by atoms with Crippen LogP contribution < -0.4 is 10.9 Å². The molecule has 0 unspecified atom stereocenters. The molecule has 1 atom stereocenters. The summed E-state index contributed by atoms with van der Waals surface area (Å²) in [5.41, 5.74) is 2.71. The maximum atomic E-state index is 13.2. The fraction of sp³-hybridized carbons (Fsp3) is 0.364. The molecule has 136 valence electrons. The van der Waals surface area contributed by atoms with Crippen molar-refractivity contribution >= 4 is 10.9 Å². The van der Waals surface area contributed by atoms with Gasteiger partial charge in [0.1, 0.15) is 5.82 Å². The van der Waals surface area contributed by atoms with Gasteiger partial charge in [0.25, 0.3) is 5.56 Å². The third-order valence-electron chi connectivity index (χ3n) is 4.62.